The fraction of sp³-hybridized carbons (Fsp3) is 0.588. The van der Waals surface area contributed by atoms with Crippen LogP contribution in [0.1, 0.15) is 109 Å². The van der Waals surface area contributed by atoms with Gasteiger partial charge in [-0.25, -0.2) is 14.4 Å². The Labute approximate surface area is 426 Å². The molecule has 22 heteroatoms. The maximum absolute atomic E-state index is 13.0. The van der Waals surface area contributed by atoms with Crippen LogP contribution in [-0.2, 0) is 19.1 Å². The fourth-order valence-electron chi connectivity index (χ4n) is 9.62. The lowest BCUT2D eigenvalue weighted by Gasteiger charge is -2.34. The highest BCUT2D eigenvalue weighted by Gasteiger charge is 2.30. The molecule has 22 nitrogen and oxygen atoms in total. The van der Waals surface area contributed by atoms with Gasteiger partial charge in [-0.1, -0.05) is 24.3 Å². The number of rotatable bonds is 13. The molecule has 4 aliphatic heterocycles. The Kier molecular flexibility index (Phi) is 21.0. The van der Waals surface area contributed by atoms with Gasteiger partial charge in [-0.2, -0.15) is 0 Å². The van der Waals surface area contributed by atoms with E-state index in [4.69, 9.17) is 36.9 Å². The van der Waals surface area contributed by atoms with Gasteiger partial charge in [-0.15, -0.1) is 0 Å². The third kappa shape index (κ3) is 17.3. The van der Waals surface area contributed by atoms with Crippen molar-refractivity contribution in [2.75, 3.05) is 91.6 Å². The van der Waals surface area contributed by atoms with Gasteiger partial charge in [0.25, 0.3) is 11.8 Å². The molecule has 398 valence electrons. The van der Waals surface area contributed by atoms with E-state index in [0.29, 0.717) is 101 Å². The highest BCUT2D eigenvalue weighted by atomic mass is 16.6. The number of nitrogen functional groups attached to an aromatic ring is 2. The van der Waals surface area contributed by atoms with Gasteiger partial charge in [0, 0.05) is 127 Å². The highest BCUT2D eigenvalue weighted by molar-refractivity contribution is 5.99. The minimum atomic E-state index is -0.948. The Morgan fingerprint density at radius 1 is 0.507 bits per heavy atom. The number of benzene rings is 2. The van der Waals surface area contributed by atoms with E-state index < -0.39 is 6.09 Å². The van der Waals surface area contributed by atoms with E-state index in [1.807, 2.05) is 0 Å². The molecule has 4 heterocycles. The number of carbonyl (C=O) groups excluding carboxylic acids is 6. The molecule has 0 spiro atoms. The molecule has 4 saturated heterocycles. The van der Waals surface area contributed by atoms with Crippen LogP contribution in [0.5, 0.6) is 0 Å². The van der Waals surface area contributed by atoms with Crippen molar-refractivity contribution in [2.24, 2.45) is 23.3 Å². The number of nitrogens with one attached hydrogen (secondary N) is 5. The Morgan fingerprint density at radius 2 is 0.849 bits per heavy atom. The lowest BCUT2D eigenvalue weighted by atomic mass is 9.96. The van der Waals surface area contributed by atoms with E-state index in [1.54, 1.807) is 68.1 Å². The van der Waals surface area contributed by atoms with Crippen LogP contribution in [-0.4, -0.2) is 187 Å². The number of piperazine rings is 2. The number of hydrogen-bond acceptors (Lipinski definition) is 12. The first-order chi connectivity index (χ1) is 35.1. The number of hydrogen-bond donors (Lipinski definition) is 8. The van der Waals surface area contributed by atoms with Gasteiger partial charge >= 0.3 is 18.3 Å². The Balaban J connectivity index is 0.000000344. The SMILES string of the molecule is N=C(N)c1ccc(C(=O)NCC2CCN(C(=O)OC3CCCC(OC(=O)N4CCC(CNC(=O)c5ccc(C(=N)N)cc5)CC4)CCC3)CC2)cc1.O=C(O)N1CCN(C(=O)CCC(=O)N2CCNCC2)CC1. The number of piperidine rings is 2. The minimum Gasteiger partial charge on any atom is -0.465 e. The maximum Gasteiger partial charge on any atom is 0.410 e. The summed E-state index contributed by atoms with van der Waals surface area (Å²) < 4.78 is 11.8. The smallest absolute Gasteiger partial charge is 0.410 e. The lowest BCUT2D eigenvalue weighted by molar-refractivity contribution is -0.138. The summed E-state index contributed by atoms with van der Waals surface area (Å²) in [5.41, 5.74) is 13.1. The average molecular weight is 1020 g/mol. The van der Waals surface area contributed by atoms with Crippen molar-refractivity contribution in [1.29, 1.82) is 10.8 Å². The van der Waals surface area contributed by atoms with Crippen LogP contribution in [0, 0.1) is 22.7 Å². The van der Waals surface area contributed by atoms with Crippen molar-refractivity contribution in [3.8, 4) is 0 Å². The first-order valence-corrected chi connectivity index (χ1v) is 25.7. The molecule has 2 aromatic rings. The number of amidine groups is 2. The highest BCUT2D eigenvalue weighted by Crippen LogP contribution is 2.26. The summed E-state index contributed by atoms with van der Waals surface area (Å²) in [5, 5.41) is 32.9. The van der Waals surface area contributed by atoms with Crippen molar-refractivity contribution in [3.63, 3.8) is 0 Å². The minimum absolute atomic E-state index is 0.0222. The summed E-state index contributed by atoms with van der Waals surface area (Å²) in [6, 6.07) is 13.3. The first kappa shape index (κ1) is 55.3. The molecule has 0 radical (unpaired) electrons. The van der Waals surface area contributed by atoms with E-state index in [-0.39, 0.29) is 84.4 Å². The molecule has 2 aromatic carbocycles. The topological polar surface area (TPSA) is 310 Å². The Bertz CT molecular complexity index is 2090. The second-order valence-corrected chi connectivity index (χ2v) is 19.4. The quantitative estimate of drug-likeness (QED) is 0.106. The van der Waals surface area contributed by atoms with Crippen LogP contribution in [0.25, 0.3) is 0 Å². The van der Waals surface area contributed by atoms with Crippen LogP contribution >= 0.6 is 0 Å². The number of likely N-dealkylation sites (tertiary alicyclic amines) is 2. The fourth-order valence-corrected chi connectivity index (χ4v) is 9.62. The Morgan fingerprint density at radius 3 is 1.21 bits per heavy atom. The van der Waals surface area contributed by atoms with Crippen molar-refractivity contribution >= 4 is 53.6 Å². The third-order valence-electron chi connectivity index (χ3n) is 14.3. The lowest BCUT2D eigenvalue weighted by Crippen LogP contribution is -2.50. The molecule has 0 bridgehead atoms. The molecule has 73 heavy (non-hydrogen) atoms. The van der Waals surface area contributed by atoms with Crippen LogP contribution in [0.4, 0.5) is 14.4 Å². The molecule has 0 unspecified atom stereocenters. The van der Waals surface area contributed by atoms with E-state index >= 15 is 0 Å². The second kappa shape index (κ2) is 27.7. The van der Waals surface area contributed by atoms with E-state index in [2.05, 4.69) is 16.0 Å². The molecule has 5 fully saturated rings. The third-order valence-corrected chi connectivity index (χ3v) is 14.3. The molecule has 1 aliphatic carbocycles. The number of nitrogens with two attached hydrogens (primary N) is 2. The molecule has 5 aliphatic rings. The number of ether oxygens (including phenoxy) is 2. The molecule has 0 aromatic heterocycles. The van der Waals surface area contributed by atoms with Crippen molar-refractivity contribution < 1.29 is 48.1 Å². The Hall–Kier alpha value is -6.97. The van der Waals surface area contributed by atoms with Crippen LogP contribution in [0.15, 0.2) is 48.5 Å². The first-order valence-electron chi connectivity index (χ1n) is 25.7. The van der Waals surface area contributed by atoms with Crippen LogP contribution in [0.2, 0.25) is 0 Å². The summed E-state index contributed by atoms with van der Waals surface area (Å²) in [7, 11) is 0. The average Bonchev–Trinajstić information content (AvgIpc) is 3.40. The van der Waals surface area contributed by atoms with Crippen molar-refractivity contribution in [2.45, 2.75) is 89.3 Å². The molecule has 0 atom stereocenters. The zero-order valence-corrected chi connectivity index (χ0v) is 41.8. The van der Waals surface area contributed by atoms with Crippen LogP contribution in [0.3, 0.4) is 0 Å². The van der Waals surface area contributed by atoms with Gasteiger partial charge in [0.2, 0.25) is 11.8 Å². The number of nitrogens with zero attached hydrogens (tertiary/aromatic N) is 5. The zero-order valence-electron chi connectivity index (χ0n) is 41.8. The number of carboxylic acid groups (broad SMARTS) is 1. The van der Waals surface area contributed by atoms with E-state index in [0.717, 1.165) is 77.3 Å². The zero-order chi connectivity index (χ0) is 52.3. The number of amides is 7. The maximum atomic E-state index is 13.0. The predicted molar refractivity (Wildman–Crippen MR) is 271 cm³/mol. The molecule has 7 amide bonds. The predicted octanol–water partition coefficient (Wildman–Crippen LogP) is 3.22. The van der Waals surface area contributed by atoms with Crippen LogP contribution < -0.4 is 27.4 Å². The monoisotopic (exact) mass is 1010 g/mol. The second-order valence-electron chi connectivity index (χ2n) is 19.4. The summed E-state index contributed by atoms with van der Waals surface area (Å²) in [6.07, 6.45) is 6.25. The van der Waals surface area contributed by atoms with Crippen molar-refractivity contribution in [3.05, 3.63) is 70.8 Å². The molecule has 7 rings (SSSR count). The number of carbonyl (C=O) groups is 7. The molecular weight excluding hydrogens is 941 g/mol. The van der Waals surface area contributed by atoms with Gasteiger partial charge in [-0.05, 0) is 100 Å². The summed E-state index contributed by atoms with van der Waals surface area (Å²) in [6.45, 7) is 7.90. The largest absolute Gasteiger partial charge is 0.465 e. The molecule has 1 saturated carbocycles. The summed E-state index contributed by atoms with van der Waals surface area (Å²) in [5.74, 6) is 0.0775. The van der Waals surface area contributed by atoms with Gasteiger partial charge in [-0.3, -0.25) is 30.0 Å². The van der Waals surface area contributed by atoms with E-state index in [1.165, 1.54) is 4.90 Å². The van der Waals surface area contributed by atoms with Gasteiger partial charge in [0.1, 0.15) is 23.9 Å². The summed E-state index contributed by atoms with van der Waals surface area (Å²) in [4.78, 5) is 94.1. The standard InChI is InChI=1S/C38H52N8O6.C13H22N4O4/c39-33(40)27-7-11-29(12-8-27)35(47)43-23-25-15-19-45(20-16-25)37(49)51-31-3-1-4-32(6-2-5-31)52-38(50)46-21-17-26(18-22-46)24-44-36(48)30-13-9-28(10-14-30)34(41)42;18-11(15-5-3-14-4-6-15)1-2-12(19)16-7-9-17(10-8-16)13(20)21/h7-14,25-26,31-32H,1-6,15-24H2,(H3,39,40)(H3,41,42)(H,43,47)(H,44,48);14H,1-10H2,(H,20,21). The van der Waals surface area contributed by atoms with Crippen molar-refractivity contribution in [1.82, 2.24) is 40.4 Å². The molecule has 10 N–H and O–H groups in total. The normalized spacial score (nSPS) is 20.0. The van der Waals surface area contributed by atoms with Gasteiger partial charge in [0.05, 0.1) is 0 Å². The molecular formula is C51H74N12O10. The summed E-state index contributed by atoms with van der Waals surface area (Å²) >= 11 is 0. The van der Waals surface area contributed by atoms with E-state index in [9.17, 15) is 33.6 Å². The van der Waals surface area contributed by atoms with Gasteiger partial charge in [0.15, 0.2) is 0 Å². The van der Waals surface area contributed by atoms with Gasteiger partial charge < -0.3 is 66.5 Å².